The van der Waals surface area contributed by atoms with Gasteiger partial charge in [0.25, 0.3) is 0 Å². The second kappa shape index (κ2) is 6.50. The second-order valence-corrected chi connectivity index (χ2v) is 7.02. The van der Waals surface area contributed by atoms with Crippen molar-refractivity contribution in [1.82, 2.24) is 5.32 Å². The van der Waals surface area contributed by atoms with Crippen LogP contribution < -0.4 is 15.0 Å². The SMILES string of the molecule is O=C1CCC(c2cccc3c2OCCN3[C@H]2CCC(=O)NC2=O)CC1. The van der Waals surface area contributed by atoms with Crippen molar-refractivity contribution < 1.29 is 19.1 Å². The summed E-state index contributed by atoms with van der Waals surface area (Å²) in [4.78, 5) is 37.3. The number of nitrogens with one attached hydrogen (secondary N) is 1. The van der Waals surface area contributed by atoms with Gasteiger partial charge in [0.15, 0.2) is 0 Å². The first kappa shape index (κ1) is 16.1. The molecule has 25 heavy (non-hydrogen) atoms. The van der Waals surface area contributed by atoms with Crippen LogP contribution in [-0.4, -0.2) is 36.8 Å². The molecule has 0 radical (unpaired) electrons. The van der Waals surface area contributed by atoms with Crippen LogP contribution in [0.5, 0.6) is 5.75 Å². The summed E-state index contributed by atoms with van der Waals surface area (Å²) in [7, 11) is 0. The molecule has 1 N–H and O–H groups in total. The smallest absolute Gasteiger partial charge is 0.249 e. The van der Waals surface area contributed by atoms with Crippen LogP contribution in [0.25, 0.3) is 0 Å². The van der Waals surface area contributed by atoms with Gasteiger partial charge in [-0.1, -0.05) is 12.1 Å². The Morgan fingerprint density at radius 2 is 1.84 bits per heavy atom. The van der Waals surface area contributed by atoms with Gasteiger partial charge in [0.1, 0.15) is 24.2 Å². The number of rotatable bonds is 2. The minimum atomic E-state index is -0.330. The third-order valence-electron chi connectivity index (χ3n) is 5.48. The number of amides is 2. The molecule has 4 rings (SSSR count). The van der Waals surface area contributed by atoms with Crippen LogP contribution in [0.2, 0.25) is 0 Å². The van der Waals surface area contributed by atoms with E-state index in [9.17, 15) is 14.4 Å². The molecule has 1 atom stereocenters. The maximum atomic E-state index is 12.3. The number of hydrogen-bond donors (Lipinski definition) is 1. The van der Waals surface area contributed by atoms with Gasteiger partial charge in [0, 0.05) is 19.3 Å². The van der Waals surface area contributed by atoms with E-state index in [-0.39, 0.29) is 17.9 Å². The van der Waals surface area contributed by atoms with E-state index >= 15 is 0 Å². The highest BCUT2D eigenvalue weighted by atomic mass is 16.5. The van der Waals surface area contributed by atoms with E-state index in [4.69, 9.17) is 4.74 Å². The van der Waals surface area contributed by atoms with Gasteiger partial charge in [-0.3, -0.25) is 19.7 Å². The Balaban J connectivity index is 1.64. The van der Waals surface area contributed by atoms with Crippen molar-refractivity contribution in [3.8, 4) is 5.75 Å². The number of ether oxygens (including phenoxy) is 1. The maximum Gasteiger partial charge on any atom is 0.249 e. The lowest BCUT2D eigenvalue weighted by Gasteiger charge is -2.39. The van der Waals surface area contributed by atoms with Crippen molar-refractivity contribution in [3.63, 3.8) is 0 Å². The van der Waals surface area contributed by atoms with Gasteiger partial charge >= 0.3 is 0 Å². The summed E-state index contributed by atoms with van der Waals surface area (Å²) in [5.41, 5.74) is 2.07. The summed E-state index contributed by atoms with van der Waals surface area (Å²) < 4.78 is 5.99. The zero-order valence-electron chi connectivity index (χ0n) is 14.1. The predicted octanol–water partition coefficient (Wildman–Crippen LogP) is 1.92. The molecule has 6 nitrogen and oxygen atoms in total. The van der Waals surface area contributed by atoms with Gasteiger partial charge in [-0.2, -0.15) is 0 Å². The molecular weight excluding hydrogens is 320 g/mol. The van der Waals surface area contributed by atoms with Crippen LogP contribution in [0.1, 0.15) is 50.0 Å². The normalized spacial score (nSPS) is 24.6. The fourth-order valence-electron chi connectivity index (χ4n) is 4.17. The number of anilines is 1. The lowest BCUT2D eigenvalue weighted by atomic mass is 9.82. The molecule has 1 saturated heterocycles. The fraction of sp³-hybridized carbons (Fsp3) is 0.526. The highest BCUT2D eigenvalue weighted by molar-refractivity contribution is 6.02. The highest BCUT2D eigenvalue weighted by Gasteiger charge is 2.36. The number of benzene rings is 1. The molecule has 0 unspecified atom stereocenters. The van der Waals surface area contributed by atoms with Crippen LogP contribution in [0, 0.1) is 0 Å². The van der Waals surface area contributed by atoms with Gasteiger partial charge in [0.05, 0.1) is 12.2 Å². The molecule has 1 saturated carbocycles. The number of hydrogen-bond acceptors (Lipinski definition) is 5. The molecule has 2 fully saturated rings. The standard InChI is InChI=1S/C19H22N2O4/c22-13-6-4-12(5-7-13)14-2-1-3-15-18(14)25-11-10-21(15)16-8-9-17(23)20-19(16)24/h1-3,12,16H,4-11H2,(H,20,23,24)/t16-/m0/s1. The first-order valence-electron chi connectivity index (χ1n) is 9.01. The Labute approximate surface area is 146 Å². The number of piperidine rings is 1. The molecule has 0 spiro atoms. The topological polar surface area (TPSA) is 75.7 Å². The fourth-order valence-corrected chi connectivity index (χ4v) is 4.17. The average Bonchev–Trinajstić information content (AvgIpc) is 2.62. The quantitative estimate of drug-likeness (QED) is 0.831. The van der Waals surface area contributed by atoms with E-state index in [0.29, 0.717) is 50.5 Å². The summed E-state index contributed by atoms with van der Waals surface area (Å²) in [6.07, 6.45) is 3.88. The molecule has 1 aliphatic carbocycles. The van der Waals surface area contributed by atoms with Gasteiger partial charge in [-0.05, 0) is 36.8 Å². The van der Waals surface area contributed by atoms with Crippen molar-refractivity contribution in [2.24, 2.45) is 0 Å². The summed E-state index contributed by atoms with van der Waals surface area (Å²) in [5.74, 6) is 1.09. The Morgan fingerprint density at radius 3 is 2.60 bits per heavy atom. The van der Waals surface area contributed by atoms with E-state index in [1.807, 2.05) is 12.1 Å². The number of fused-ring (bicyclic) bond motifs is 1. The largest absolute Gasteiger partial charge is 0.489 e. The Hall–Kier alpha value is -2.37. The Kier molecular flexibility index (Phi) is 4.19. The molecule has 2 amide bonds. The Bertz CT molecular complexity index is 720. The molecule has 1 aromatic rings. The van der Waals surface area contributed by atoms with Gasteiger partial charge < -0.3 is 9.64 Å². The first-order valence-corrected chi connectivity index (χ1v) is 9.01. The number of nitrogens with zero attached hydrogens (tertiary/aromatic N) is 1. The molecule has 6 heteroatoms. The highest BCUT2D eigenvalue weighted by Crippen LogP contribution is 2.43. The zero-order valence-corrected chi connectivity index (χ0v) is 14.1. The minimum Gasteiger partial charge on any atom is -0.489 e. The average molecular weight is 342 g/mol. The van der Waals surface area contributed by atoms with Crippen LogP contribution in [0.3, 0.4) is 0 Å². The predicted molar refractivity (Wildman–Crippen MR) is 91.7 cm³/mol. The zero-order chi connectivity index (χ0) is 17.4. The van der Waals surface area contributed by atoms with Gasteiger partial charge in [0.2, 0.25) is 11.8 Å². The summed E-state index contributed by atoms with van der Waals surface area (Å²) in [6.45, 7) is 1.15. The maximum absolute atomic E-state index is 12.3. The van der Waals surface area contributed by atoms with Gasteiger partial charge in [-0.15, -0.1) is 0 Å². The van der Waals surface area contributed by atoms with Crippen LogP contribution in [0.15, 0.2) is 18.2 Å². The van der Waals surface area contributed by atoms with Crippen molar-refractivity contribution in [2.75, 3.05) is 18.1 Å². The lowest BCUT2D eigenvalue weighted by Crippen LogP contribution is -2.54. The van der Waals surface area contributed by atoms with Crippen molar-refractivity contribution in [2.45, 2.75) is 50.5 Å². The number of para-hydroxylation sites is 1. The summed E-state index contributed by atoms with van der Waals surface area (Å²) >= 11 is 0. The molecule has 2 aliphatic heterocycles. The molecule has 1 aromatic carbocycles. The minimum absolute atomic E-state index is 0.199. The third-order valence-corrected chi connectivity index (χ3v) is 5.48. The van der Waals surface area contributed by atoms with Crippen molar-refractivity contribution in [3.05, 3.63) is 23.8 Å². The molecule has 3 aliphatic rings. The summed E-state index contributed by atoms with van der Waals surface area (Å²) in [6, 6.07) is 5.73. The Morgan fingerprint density at radius 1 is 1.04 bits per heavy atom. The summed E-state index contributed by atoms with van der Waals surface area (Å²) in [5, 5.41) is 2.44. The number of carbonyl (C=O) groups excluding carboxylic acids is 3. The third kappa shape index (κ3) is 3.01. The second-order valence-electron chi connectivity index (χ2n) is 7.02. The number of Topliss-reactive ketones (excluding diaryl/α,β-unsaturated/α-hetero) is 1. The monoisotopic (exact) mass is 342 g/mol. The van der Waals surface area contributed by atoms with Crippen molar-refractivity contribution >= 4 is 23.3 Å². The number of imide groups is 1. The van der Waals surface area contributed by atoms with Crippen LogP contribution in [0.4, 0.5) is 5.69 Å². The van der Waals surface area contributed by atoms with Gasteiger partial charge in [-0.25, -0.2) is 0 Å². The van der Waals surface area contributed by atoms with Crippen LogP contribution in [-0.2, 0) is 14.4 Å². The van der Waals surface area contributed by atoms with E-state index in [0.717, 1.165) is 29.8 Å². The van der Waals surface area contributed by atoms with E-state index in [1.165, 1.54) is 0 Å². The molecule has 0 bridgehead atoms. The van der Waals surface area contributed by atoms with E-state index in [2.05, 4.69) is 16.3 Å². The van der Waals surface area contributed by atoms with E-state index < -0.39 is 0 Å². The number of ketones is 1. The lowest BCUT2D eigenvalue weighted by molar-refractivity contribution is -0.134. The molecule has 2 heterocycles. The van der Waals surface area contributed by atoms with E-state index in [1.54, 1.807) is 0 Å². The van der Waals surface area contributed by atoms with Crippen molar-refractivity contribution in [1.29, 1.82) is 0 Å². The number of carbonyl (C=O) groups is 3. The molecular formula is C19H22N2O4. The molecule has 132 valence electrons. The first-order chi connectivity index (χ1) is 12.1. The van der Waals surface area contributed by atoms with Crippen LogP contribution >= 0.6 is 0 Å². The molecule has 0 aromatic heterocycles.